The Morgan fingerprint density at radius 1 is 0.886 bits per heavy atom. The Kier molecular flexibility index (Phi) is 9.58. The Balaban J connectivity index is 2.56. The van der Waals surface area contributed by atoms with E-state index in [9.17, 15) is 9.90 Å². The van der Waals surface area contributed by atoms with Crippen LogP contribution >= 0.6 is 0 Å². The number of ether oxygens (including phenoxy) is 3. The van der Waals surface area contributed by atoms with E-state index in [4.69, 9.17) is 23.1 Å². The standard InChI is InChI=1S/C26H46O7Si2/c1-25(2,3)34(8,9)32-21-20(31-23(28)18-15-13-12-14-16-18)19(17-27)30-24(29-7)22(21)33-35(10,11)26(4,5)6/h12-16,19-22,24,27H,17H2,1-11H3/t19?,20-,21?,22?,24+/m1/s1. The summed E-state index contributed by atoms with van der Waals surface area (Å²) in [5, 5.41) is 10.1. The molecule has 0 spiro atoms. The highest BCUT2D eigenvalue weighted by Crippen LogP contribution is 2.43. The zero-order valence-corrected chi connectivity index (χ0v) is 25.4. The zero-order valence-electron chi connectivity index (χ0n) is 23.4. The minimum Gasteiger partial charge on any atom is -0.453 e. The number of rotatable bonds is 8. The van der Waals surface area contributed by atoms with E-state index < -0.39 is 53.3 Å². The third kappa shape index (κ3) is 7.03. The summed E-state index contributed by atoms with van der Waals surface area (Å²) in [5.41, 5.74) is 0.422. The molecule has 0 aromatic heterocycles. The van der Waals surface area contributed by atoms with Crippen molar-refractivity contribution in [2.24, 2.45) is 0 Å². The van der Waals surface area contributed by atoms with Crippen LogP contribution in [0.5, 0.6) is 0 Å². The number of benzene rings is 1. The second kappa shape index (κ2) is 11.1. The fraction of sp³-hybridized carbons (Fsp3) is 0.731. The highest BCUT2D eigenvalue weighted by molar-refractivity contribution is 6.74. The molecular formula is C26H46O7Si2. The van der Waals surface area contributed by atoms with Gasteiger partial charge in [0.15, 0.2) is 29.0 Å². The van der Waals surface area contributed by atoms with Gasteiger partial charge in [0, 0.05) is 7.11 Å². The van der Waals surface area contributed by atoms with E-state index in [1.54, 1.807) is 31.4 Å². The van der Waals surface area contributed by atoms with E-state index in [0.717, 1.165) is 0 Å². The minimum atomic E-state index is -2.36. The molecule has 0 amide bonds. The topological polar surface area (TPSA) is 83.5 Å². The van der Waals surface area contributed by atoms with Crippen molar-refractivity contribution in [3.63, 3.8) is 0 Å². The number of aliphatic hydroxyl groups is 1. The molecule has 1 aliphatic rings. The molecular weight excluding hydrogens is 480 g/mol. The molecule has 0 aliphatic carbocycles. The van der Waals surface area contributed by atoms with Crippen LogP contribution in [0.3, 0.4) is 0 Å². The van der Waals surface area contributed by atoms with Gasteiger partial charge in [0.25, 0.3) is 0 Å². The molecule has 1 aromatic rings. The van der Waals surface area contributed by atoms with Crippen LogP contribution in [0.25, 0.3) is 0 Å². The first-order valence-corrected chi connectivity index (χ1v) is 18.2. The van der Waals surface area contributed by atoms with Crippen LogP contribution in [0.15, 0.2) is 30.3 Å². The fourth-order valence-corrected chi connectivity index (χ4v) is 6.00. The predicted molar refractivity (Wildman–Crippen MR) is 143 cm³/mol. The van der Waals surface area contributed by atoms with E-state index in [-0.39, 0.29) is 16.7 Å². The number of carbonyl (C=O) groups excluding carboxylic acids is 1. The maximum absolute atomic E-state index is 13.1. The highest BCUT2D eigenvalue weighted by atomic mass is 28.4. The number of esters is 1. The summed E-state index contributed by atoms with van der Waals surface area (Å²) in [6.07, 6.45) is -3.77. The summed E-state index contributed by atoms with van der Waals surface area (Å²) < 4.78 is 31.6. The summed E-state index contributed by atoms with van der Waals surface area (Å²) >= 11 is 0. The van der Waals surface area contributed by atoms with Crippen molar-refractivity contribution >= 4 is 22.6 Å². The number of carbonyl (C=O) groups is 1. The van der Waals surface area contributed by atoms with Gasteiger partial charge in [0.2, 0.25) is 0 Å². The van der Waals surface area contributed by atoms with E-state index >= 15 is 0 Å². The van der Waals surface area contributed by atoms with E-state index in [1.165, 1.54) is 0 Å². The molecule has 0 saturated carbocycles. The molecule has 1 fully saturated rings. The third-order valence-electron chi connectivity index (χ3n) is 7.73. The molecule has 1 N–H and O–H groups in total. The average Bonchev–Trinajstić information content (AvgIpc) is 2.74. The summed E-state index contributed by atoms with van der Waals surface area (Å²) in [4.78, 5) is 13.1. The van der Waals surface area contributed by atoms with Crippen molar-refractivity contribution in [2.75, 3.05) is 13.7 Å². The first-order valence-electron chi connectivity index (χ1n) is 12.4. The SMILES string of the molecule is CO[C@H]1OC(CO)[C@@H](OC(=O)c2ccccc2)C(O[Si](C)(C)C(C)(C)C)C1O[Si](C)(C)C(C)(C)C. The molecule has 200 valence electrons. The average molecular weight is 527 g/mol. The van der Waals surface area contributed by atoms with Gasteiger partial charge in [-0.05, 0) is 48.4 Å². The molecule has 0 radical (unpaired) electrons. The Hall–Kier alpha value is -1.08. The maximum Gasteiger partial charge on any atom is 0.338 e. The zero-order chi connectivity index (χ0) is 26.8. The Morgan fingerprint density at radius 3 is 1.80 bits per heavy atom. The van der Waals surface area contributed by atoms with Gasteiger partial charge in [-0.3, -0.25) is 0 Å². The van der Waals surface area contributed by atoms with Gasteiger partial charge in [0.1, 0.15) is 18.3 Å². The van der Waals surface area contributed by atoms with Crippen molar-refractivity contribution in [3.8, 4) is 0 Å². The van der Waals surface area contributed by atoms with Gasteiger partial charge < -0.3 is 28.2 Å². The molecule has 0 bridgehead atoms. The van der Waals surface area contributed by atoms with Crippen molar-refractivity contribution in [2.45, 2.75) is 109 Å². The fourth-order valence-electron chi connectivity index (χ4n) is 3.42. The molecule has 35 heavy (non-hydrogen) atoms. The molecule has 3 unspecified atom stereocenters. The number of aliphatic hydroxyl groups excluding tert-OH is 1. The molecule has 1 saturated heterocycles. The number of hydrogen-bond donors (Lipinski definition) is 1. The van der Waals surface area contributed by atoms with Crippen LogP contribution in [-0.4, -0.2) is 72.1 Å². The summed E-state index contributed by atoms with van der Waals surface area (Å²) in [5.74, 6) is -0.497. The number of hydrogen-bond acceptors (Lipinski definition) is 7. The second-order valence-corrected chi connectivity index (χ2v) is 21.9. The molecule has 5 atom stereocenters. The van der Waals surface area contributed by atoms with Gasteiger partial charge in [-0.25, -0.2) is 4.79 Å². The second-order valence-electron chi connectivity index (χ2n) is 12.4. The predicted octanol–water partition coefficient (Wildman–Crippen LogP) is 5.36. The molecule has 1 aromatic carbocycles. The summed E-state index contributed by atoms with van der Waals surface area (Å²) in [6, 6.07) is 8.81. The molecule has 2 rings (SSSR count). The molecule has 9 heteroatoms. The van der Waals surface area contributed by atoms with Gasteiger partial charge in [-0.15, -0.1) is 0 Å². The molecule has 7 nitrogen and oxygen atoms in total. The van der Waals surface area contributed by atoms with Gasteiger partial charge in [0.05, 0.1) is 12.2 Å². The monoisotopic (exact) mass is 526 g/mol. The first-order chi connectivity index (χ1) is 15.9. The van der Waals surface area contributed by atoms with Crippen LogP contribution in [0, 0.1) is 0 Å². The van der Waals surface area contributed by atoms with E-state index in [0.29, 0.717) is 5.56 Å². The lowest BCUT2D eigenvalue weighted by Gasteiger charge is -2.51. The van der Waals surface area contributed by atoms with E-state index in [1.807, 2.05) is 6.07 Å². The molecule has 1 aliphatic heterocycles. The Bertz CT molecular complexity index is 830. The van der Waals surface area contributed by atoms with Crippen LogP contribution < -0.4 is 0 Å². The lowest BCUT2D eigenvalue weighted by Crippen LogP contribution is -2.66. The molecule has 1 heterocycles. The maximum atomic E-state index is 13.1. The first kappa shape index (κ1) is 30.1. The highest BCUT2D eigenvalue weighted by Gasteiger charge is 2.55. The van der Waals surface area contributed by atoms with Crippen LogP contribution in [-0.2, 0) is 23.1 Å². The van der Waals surface area contributed by atoms with Gasteiger partial charge in [-0.2, -0.15) is 0 Å². The Morgan fingerprint density at radius 2 is 1.37 bits per heavy atom. The van der Waals surface area contributed by atoms with Gasteiger partial charge in [-0.1, -0.05) is 59.7 Å². The third-order valence-corrected chi connectivity index (χ3v) is 16.7. The number of methoxy groups -OCH3 is 1. The quantitative estimate of drug-likeness (QED) is 0.361. The van der Waals surface area contributed by atoms with Crippen molar-refractivity contribution in [1.82, 2.24) is 0 Å². The van der Waals surface area contributed by atoms with Gasteiger partial charge >= 0.3 is 5.97 Å². The van der Waals surface area contributed by atoms with Crippen molar-refractivity contribution in [3.05, 3.63) is 35.9 Å². The Labute approximate surface area is 213 Å². The summed E-state index contributed by atoms with van der Waals surface area (Å²) in [7, 11) is -3.11. The lowest BCUT2D eigenvalue weighted by atomic mass is 9.99. The van der Waals surface area contributed by atoms with Crippen LogP contribution in [0.4, 0.5) is 0 Å². The smallest absolute Gasteiger partial charge is 0.338 e. The normalized spacial score (nSPS) is 26.5. The van der Waals surface area contributed by atoms with E-state index in [2.05, 4.69) is 67.7 Å². The minimum absolute atomic E-state index is 0.0726. The largest absolute Gasteiger partial charge is 0.453 e. The van der Waals surface area contributed by atoms with Crippen LogP contribution in [0.1, 0.15) is 51.9 Å². The van der Waals surface area contributed by atoms with Crippen molar-refractivity contribution in [1.29, 1.82) is 0 Å². The van der Waals surface area contributed by atoms with Crippen molar-refractivity contribution < 1.29 is 33.0 Å². The lowest BCUT2D eigenvalue weighted by molar-refractivity contribution is -0.287. The summed E-state index contributed by atoms with van der Waals surface area (Å²) in [6.45, 7) is 21.2. The van der Waals surface area contributed by atoms with Crippen LogP contribution in [0.2, 0.25) is 36.3 Å².